The van der Waals surface area contributed by atoms with Gasteiger partial charge < -0.3 is 5.11 Å². The van der Waals surface area contributed by atoms with Gasteiger partial charge in [-0.25, -0.2) is 14.6 Å². The van der Waals surface area contributed by atoms with Gasteiger partial charge in [0, 0.05) is 21.9 Å². The maximum atomic E-state index is 10.0. The number of para-hydroxylation sites is 2. The number of aromatic hydroxyl groups is 1. The SMILES string of the molecule is Oc1ccc(-c2c3c(-c4ccccc4)[nH]n(-c4ccccc4)c3nc3nc4ccccc4c23)cc1. The number of H-pyrrole nitrogens is 1. The van der Waals surface area contributed by atoms with Crippen LogP contribution in [0.4, 0.5) is 0 Å². The molecule has 7 rings (SSSR count). The molecule has 0 aliphatic heterocycles. The normalized spacial score (nSPS) is 11.5. The number of hydrogen-bond donors (Lipinski definition) is 2. The first-order chi connectivity index (χ1) is 17.3. The summed E-state index contributed by atoms with van der Waals surface area (Å²) in [5.41, 5.74) is 7.49. The molecule has 0 aliphatic rings. The highest BCUT2D eigenvalue weighted by atomic mass is 16.3. The second-order valence-corrected chi connectivity index (χ2v) is 8.58. The summed E-state index contributed by atoms with van der Waals surface area (Å²) < 4.78 is 2.03. The Bertz CT molecular complexity index is 1830. The largest absolute Gasteiger partial charge is 0.508 e. The molecule has 35 heavy (non-hydrogen) atoms. The number of benzene rings is 4. The van der Waals surface area contributed by atoms with E-state index in [1.54, 1.807) is 12.1 Å². The van der Waals surface area contributed by atoms with Crippen molar-refractivity contribution < 1.29 is 5.11 Å². The van der Waals surface area contributed by atoms with Crippen LogP contribution in [0.5, 0.6) is 5.75 Å². The number of hydrogen-bond acceptors (Lipinski definition) is 3. The van der Waals surface area contributed by atoms with Gasteiger partial charge in [0.1, 0.15) is 5.75 Å². The molecule has 3 aromatic heterocycles. The molecule has 0 saturated carbocycles. The molecule has 0 atom stereocenters. The van der Waals surface area contributed by atoms with Crippen molar-refractivity contribution in [1.29, 1.82) is 0 Å². The van der Waals surface area contributed by atoms with Gasteiger partial charge in [-0.05, 0) is 35.9 Å². The number of pyridine rings is 1. The highest BCUT2D eigenvalue weighted by Crippen LogP contribution is 2.43. The van der Waals surface area contributed by atoms with Crippen molar-refractivity contribution in [3.05, 3.63) is 109 Å². The summed E-state index contributed by atoms with van der Waals surface area (Å²) in [6.45, 7) is 0. The Morgan fingerprint density at radius 2 is 1.31 bits per heavy atom. The van der Waals surface area contributed by atoms with Crippen molar-refractivity contribution in [2.75, 3.05) is 0 Å². The molecule has 0 saturated heterocycles. The topological polar surface area (TPSA) is 66.7 Å². The monoisotopic (exact) mass is 452 g/mol. The minimum absolute atomic E-state index is 0.234. The summed E-state index contributed by atoms with van der Waals surface area (Å²) in [7, 11) is 0. The first-order valence-electron chi connectivity index (χ1n) is 11.5. The van der Waals surface area contributed by atoms with Crippen LogP contribution in [-0.4, -0.2) is 24.9 Å². The Labute approximate surface area is 200 Å². The molecule has 0 spiro atoms. The van der Waals surface area contributed by atoms with Crippen molar-refractivity contribution >= 4 is 33.0 Å². The van der Waals surface area contributed by atoms with Gasteiger partial charge in [-0.15, -0.1) is 0 Å². The van der Waals surface area contributed by atoms with Crippen LogP contribution in [-0.2, 0) is 0 Å². The number of phenolic OH excluding ortho intramolecular Hbond substituents is 1. The maximum absolute atomic E-state index is 10.0. The number of rotatable bonds is 3. The number of aromatic nitrogens is 4. The fourth-order valence-electron chi connectivity index (χ4n) is 4.91. The molecule has 166 valence electrons. The average Bonchev–Trinajstić information content (AvgIpc) is 3.48. The summed E-state index contributed by atoms with van der Waals surface area (Å²) in [6, 6.07) is 36.0. The van der Waals surface area contributed by atoms with Gasteiger partial charge >= 0.3 is 0 Å². The molecule has 7 aromatic rings. The van der Waals surface area contributed by atoms with E-state index in [1.807, 2.05) is 71.4 Å². The van der Waals surface area contributed by atoms with Gasteiger partial charge in [-0.2, -0.15) is 0 Å². The zero-order valence-corrected chi connectivity index (χ0v) is 18.7. The van der Waals surface area contributed by atoms with E-state index in [0.717, 1.165) is 55.4 Å². The Morgan fingerprint density at radius 1 is 0.629 bits per heavy atom. The lowest BCUT2D eigenvalue weighted by atomic mass is 9.95. The van der Waals surface area contributed by atoms with Crippen LogP contribution < -0.4 is 0 Å². The van der Waals surface area contributed by atoms with E-state index in [2.05, 4.69) is 35.4 Å². The lowest BCUT2D eigenvalue weighted by molar-refractivity contribution is 0.475. The Morgan fingerprint density at radius 3 is 2.09 bits per heavy atom. The van der Waals surface area contributed by atoms with Gasteiger partial charge in [0.2, 0.25) is 0 Å². The second kappa shape index (κ2) is 7.57. The van der Waals surface area contributed by atoms with Crippen LogP contribution in [0.25, 0.3) is 61.0 Å². The molecule has 4 aromatic carbocycles. The van der Waals surface area contributed by atoms with Gasteiger partial charge in [0.05, 0.1) is 22.3 Å². The molecule has 5 nitrogen and oxygen atoms in total. The summed E-state index contributed by atoms with van der Waals surface area (Å²) in [5, 5.41) is 16.7. The number of aromatic amines is 1. The molecule has 0 unspecified atom stereocenters. The third-order valence-electron chi connectivity index (χ3n) is 6.48. The molecule has 0 bridgehead atoms. The summed E-state index contributed by atoms with van der Waals surface area (Å²) in [6.07, 6.45) is 0. The highest BCUT2D eigenvalue weighted by molar-refractivity contribution is 6.21. The molecular formula is C30H20N4O. The van der Waals surface area contributed by atoms with Crippen molar-refractivity contribution in [3.8, 4) is 33.8 Å². The Balaban J connectivity index is 1.72. The molecule has 0 aliphatic carbocycles. The van der Waals surface area contributed by atoms with E-state index < -0.39 is 0 Å². The molecule has 5 heteroatoms. The lowest BCUT2D eigenvalue weighted by Gasteiger charge is -2.09. The van der Waals surface area contributed by atoms with E-state index in [0.29, 0.717) is 5.65 Å². The molecular weight excluding hydrogens is 432 g/mol. The minimum atomic E-state index is 0.234. The standard InChI is InChI=1S/C30H20N4O/c35-22-17-15-19(16-18-22)25-26-23-13-7-8-14-24(23)31-29(26)32-30-27(25)28(20-9-3-1-4-10-20)33-34(30)21-11-5-2-6-12-21/h1-18,33,35H. The number of nitrogens with zero attached hydrogens (tertiary/aromatic N) is 3. The van der Waals surface area contributed by atoms with E-state index in [1.165, 1.54) is 0 Å². The first kappa shape index (κ1) is 19.6. The van der Waals surface area contributed by atoms with Gasteiger partial charge in [-0.3, -0.25) is 5.10 Å². The third kappa shape index (κ3) is 3.02. The Hall–Kier alpha value is -4.90. The van der Waals surface area contributed by atoms with Crippen molar-refractivity contribution in [3.63, 3.8) is 0 Å². The van der Waals surface area contributed by atoms with E-state index in [9.17, 15) is 5.11 Å². The first-order valence-corrected chi connectivity index (χ1v) is 11.5. The molecule has 2 N–H and O–H groups in total. The van der Waals surface area contributed by atoms with E-state index >= 15 is 0 Å². The fraction of sp³-hybridized carbons (Fsp3) is 0. The number of fused-ring (bicyclic) bond motifs is 4. The summed E-state index contributed by atoms with van der Waals surface area (Å²) >= 11 is 0. The fourth-order valence-corrected chi connectivity index (χ4v) is 4.91. The van der Waals surface area contributed by atoms with Crippen LogP contribution in [0, 0.1) is 0 Å². The quantitative estimate of drug-likeness (QED) is 0.301. The van der Waals surface area contributed by atoms with Crippen molar-refractivity contribution in [2.45, 2.75) is 0 Å². The summed E-state index contributed by atoms with van der Waals surface area (Å²) in [5.74, 6) is 0.234. The van der Waals surface area contributed by atoms with E-state index in [-0.39, 0.29) is 5.75 Å². The zero-order valence-electron chi connectivity index (χ0n) is 18.7. The van der Waals surface area contributed by atoms with Crippen molar-refractivity contribution in [2.24, 2.45) is 0 Å². The molecule has 3 heterocycles. The average molecular weight is 453 g/mol. The van der Waals surface area contributed by atoms with Crippen LogP contribution in [0.3, 0.4) is 0 Å². The summed E-state index contributed by atoms with van der Waals surface area (Å²) in [4.78, 5) is 10.0. The zero-order chi connectivity index (χ0) is 23.4. The predicted molar refractivity (Wildman–Crippen MR) is 141 cm³/mol. The molecule has 0 amide bonds. The maximum Gasteiger partial charge on any atom is 0.164 e. The molecule has 0 fully saturated rings. The van der Waals surface area contributed by atoms with Crippen LogP contribution in [0.15, 0.2) is 109 Å². The number of phenols is 1. The number of nitrogens with one attached hydrogen (secondary N) is 1. The van der Waals surface area contributed by atoms with Gasteiger partial charge in [-0.1, -0.05) is 78.9 Å². The lowest BCUT2D eigenvalue weighted by Crippen LogP contribution is -1.98. The predicted octanol–water partition coefficient (Wildman–Crippen LogP) is 7.09. The smallest absolute Gasteiger partial charge is 0.164 e. The minimum Gasteiger partial charge on any atom is -0.508 e. The highest BCUT2D eigenvalue weighted by Gasteiger charge is 2.23. The van der Waals surface area contributed by atoms with Crippen LogP contribution >= 0.6 is 0 Å². The molecule has 0 radical (unpaired) electrons. The van der Waals surface area contributed by atoms with Crippen LogP contribution in [0.1, 0.15) is 0 Å². The van der Waals surface area contributed by atoms with Gasteiger partial charge in [0.25, 0.3) is 0 Å². The van der Waals surface area contributed by atoms with Crippen LogP contribution in [0.2, 0.25) is 0 Å². The van der Waals surface area contributed by atoms with Crippen molar-refractivity contribution in [1.82, 2.24) is 19.7 Å². The third-order valence-corrected chi connectivity index (χ3v) is 6.48. The Kier molecular flexibility index (Phi) is 4.23. The van der Waals surface area contributed by atoms with E-state index in [4.69, 9.17) is 9.97 Å². The van der Waals surface area contributed by atoms with Gasteiger partial charge in [0.15, 0.2) is 11.3 Å². The second-order valence-electron chi connectivity index (χ2n) is 8.58.